The standard InChI is InChI=1S/C11H7BrF4N2O2/c1-4-10(19)18-9-7(13)5(3-12)2-6(8(9)17-4)20-11(14,15)16/h2H,3H2,1H3,(H,18,19). The molecule has 2 aromatic rings. The molecule has 108 valence electrons. The number of ether oxygens (including phenoxy) is 1. The van der Waals surface area contributed by atoms with E-state index in [4.69, 9.17) is 0 Å². The number of rotatable bonds is 2. The molecular weight excluding hydrogens is 348 g/mol. The first kappa shape index (κ1) is 14.8. The predicted octanol–water partition coefficient (Wildman–Crippen LogP) is 3.16. The Bertz CT molecular complexity index is 727. The largest absolute Gasteiger partial charge is 0.573 e. The van der Waals surface area contributed by atoms with Crippen LogP contribution >= 0.6 is 15.9 Å². The molecule has 0 bridgehead atoms. The maximum absolute atomic E-state index is 14.0. The molecule has 1 heterocycles. The lowest BCUT2D eigenvalue weighted by molar-refractivity contribution is -0.274. The highest BCUT2D eigenvalue weighted by molar-refractivity contribution is 9.08. The van der Waals surface area contributed by atoms with Crippen molar-refractivity contribution in [3.05, 3.63) is 33.5 Å². The number of aryl methyl sites for hydroxylation is 1. The van der Waals surface area contributed by atoms with Crippen LogP contribution in [0.15, 0.2) is 10.9 Å². The molecule has 1 N–H and O–H groups in total. The van der Waals surface area contributed by atoms with Gasteiger partial charge in [-0.3, -0.25) is 4.79 Å². The number of aromatic amines is 1. The molecule has 1 aromatic heterocycles. The van der Waals surface area contributed by atoms with E-state index in [9.17, 15) is 22.4 Å². The lowest BCUT2D eigenvalue weighted by Gasteiger charge is -2.13. The average Bonchev–Trinajstić information content (AvgIpc) is 2.33. The summed E-state index contributed by atoms with van der Waals surface area (Å²) in [6.07, 6.45) is -4.94. The molecule has 2 rings (SSSR count). The fourth-order valence-electron chi connectivity index (χ4n) is 1.62. The number of halogens is 5. The zero-order valence-electron chi connectivity index (χ0n) is 9.94. The minimum Gasteiger partial charge on any atom is -0.403 e. The molecule has 20 heavy (non-hydrogen) atoms. The van der Waals surface area contributed by atoms with Gasteiger partial charge in [-0.25, -0.2) is 9.37 Å². The van der Waals surface area contributed by atoms with Gasteiger partial charge in [0.25, 0.3) is 5.56 Å². The van der Waals surface area contributed by atoms with Gasteiger partial charge in [-0.15, -0.1) is 13.2 Å². The van der Waals surface area contributed by atoms with Crippen molar-refractivity contribution >= 4 is 27.0 Å². The second-order valence-corrected chi connectivity index (χ2v) is 4.46. The van der Waals surface area contributed by atoms with Gasteiger partial charge in [-0.1, -0.05) is 15.9 Å². The van der Waals surface area contributed by atoms with E-state index in [1.165, 1.54) is 6.92 Å². The molecule has 0 amide bonds. The Morgan fingerprint density at radius 3 is 2.65 bits per heavy atom. The average molecular weight is 355 g/mol. The number of hydrogen-bond acceptors (Lipinski definition) is 3. The van der Waals surface area contributed by atoms with Crippen LogP contribution in [-0.4, -0.2) is 16.3 Å². The number of hydrogen-bond donors (Lipinski definition) is 1. The molecule has 0 atom stereocenters. The fourth-order valence-corrected chi connectivity index (χ4v) is 2.03. The highest BCUT2D eigenvalue weighted by Gasteiger charge is 2.33. The first-order chi connectivity index (χ1) is 9.23. The van der Waals surface area contributed by atoms with Crippen LogP contribution in [0.1, 0.15) is 11.3 Å². The molecule has 0 spiro atoms. The van der Waals surface area contributed by atoms with Crippen LogP contribution in [-0.2, 0) is 5.33 Å². The third-order valence-corrected chi connectivity index (χ3v) is 3.10. The molecule has 1 aromatic carbocycles. The van der Waals surface area contributed by atoms with E-state index in [2.05, 4.69) is 30.6 Å². The van der Waals surface area contributed by atoms with Crippen molar-refractivity contribution in [2.24, 2.45) is 0 Å². The van der Waals surface area contributed by atoms with E-state index in [0.29, 0.717) is 0 Å². The maximum atomic E-state index is 14.0. The summed E-state index contributed by atoms with van der Waals surface area (Å²) in [7, 11) is 0. The van der Waals surface area contributed by atoms with E-state index < -0.39 is 29.0 Å². The highest BCUT2D eigenvalue weighted by atomic mass is 79.9. The smallest absolute Gasteiger partial charge is 0.403 e. The second-order valence-electron chi connectivity index (χ2n) is 3.90. The Morgan fingerprint density at radius 2 is 2.10 bits per heavy atom. The topological polar surface area (TPSA) is 55.0 Å². The first-order valence-corrected chi connectivity index (χ1v) is 6.39. The normalized spacial score (nSPS) is 11.9. The Balaban J connectivity index is 2.82. The minimum absolute atomic E-state index is 0.0428. The molecule has 0 saturated heterocycles. The number of benzene rings is 1. The van der Waals surface area contributed by atoms with Gasteiger partial charge < -0.3 is 9.72 Å². The molecule has 0 aliphatic heterocycles. The number of fused-ring (bicyclic) bond motifs is 1. The number of aromatic nitrogens is 2. The van der Waals surface area contributed by atoms with E-state index in [1.807, 2.05) is 0 Å². The molecule has 0 fully saturated rings. The van der Waals surface area contributed by atoms with E-state index >= 15 is 0 Å². The summed E-state index contributed by atoms with van der Waals surface area (Å²) in [5, 5.41) is -0.0428. The predicted molar refractivity (Wildman–Crippen MR) is 66.4 cm³/mol. The van der Waals surface area contributed by atoms with Crippen molar-refractivity contribution in [2.75, 3.05) is 0 Å². The molecule has 9 heteroatoms. The summed E-state index contributed by atoms with van der Waals surface area (Å²) in [5.41, 5.74) is -1.66. The fraction of sp³-hybridized carbons (Fsp3) is 0.273. The van der Waals surface area contributed by atoms with Gasteiger partial charge in [-0.05, 0) is 13.0 Å². The molecule has 0 saturated carbocycles. The monoisotopic (exact) mass is 354 g/mol. The highest BCUT2D eigenvalue weighted by Crippen LogP contribution is 2.32. The first-order valence-electron chi connectivity index (χ1n) is 5.26. The van der Waals surface area contributed by atoms with Crippen LogP contribution in [0, 0.1) is 12.7 Å². The molecule has 0 radical (unpaired) electrons. The lowest BCUT2D eigenvalue weighted by atomic mass is 10.1. The molecule has 4 nitrogen and oxygen atoms in total. The van der Waals surface area contributed by atoms with E-state index in [1.54, 1.807) is 0 Å². The van der Waals surface area contributed by atoms with Crippen LogP contribution in [0.4, 0.5) is 17.6 Å². The van der Waals surface area contributed by atoms with Crippen LogP contribution < -0.4 is 10.3 Å². The van der Waals surface area contributed by atoms with Crippen molar-refractivity contribution in [1.82, 2.24) is 9.97 Å². The number of alkyl halides is 4. The number of H-pyrrole nitrogens is 1. The summed E-state index contributed by atoms with van der Waals surface area (Å²) in [6, 6.07) is 0.894. The van der Waals surface area contributed by atoms with Crippen LogP contribution in [0.5, 0.6) is 5.75 Å². The van der Waals surface area contributed by atoms with E-state index in [-0.39, 0.29) is 22.1 Å². The summed E-state index contributed by atoms with van der Waals surface area (Å²) in [4.78, 5) is 17.3. The quantitative estimate of drug-likeness (QED) is 0.665. The minimum atomic E-state index is -4.94. The summed E-state index contributed by atoms with van der Waals surface area (Å²) >= 11 is 2.95. The number of nitrogens with zero attached hydrogens (tertiary/aromatic N) is 1. The Labute approximate surface area is 117 Å². The summed E-state index contributed by atoms with van der Waals surface area (Å²) in [6.45, 7) is 1.30. The molecule has 0 aliphatic rings. The van der Waals surface area contributed by atoms with Gasteiger partial charge in [0.1, 0.15) is 16.7 Å². The third-order valence-electron chi connectivity index (χ3n) is 2.49. The molecule has 0 unspecified atom stereocenters. The van der Waals surface area contributed by atoms with Gasteiger partial charge >= 0.3 is 6.36 Å². The van der Waals surface area contributed by atoms with Gasteiger partial charge in [0, 0.05) is 10.9 Å². The SMILES string of the molecule is Cc1nc2c(OC(F)(F)F)cc(CBr)c(F)c2[nH]c1=O. The van der Waals surface area contributed by atoms with Crippen molar-refractivity contribution in [3.63, 3.8) is 0 Å². The second kappa shape index (κ2) is 5.04. The van der Waals surface area contributed by atoms with Gasteiger partial charge in [0.05, 0.1) is 0 Å². The Kier molecular flexibility index (Phi) is 3.72. The van der Waals surface area contributed by atoms with Crippen molar-refractivity contribution in [2.45, 2.75) is 18.6 Å². The number of nitrogens with one attached hydrogen (secondary N) is 1. The third kappa shape index (κ3) is 2.77. The van der Waals surface area contributed by atoms with Crippen LogP contribution in [0.2, 0.25) is 0 Å². The zero-order valence-corrected chi connectivity index (χ0v) is 11.5. The molecular formula is C11H7BrF4N2O2. The molecule has 0 aliphatic carbocycles. The van der Waals surface area contributed by atoms with Gasteiger partial charge in [0.2, 0.25) is 0 Å². The Morgan fingerprint density at radius 1 is 1.45 bits per heavy atom. The lowest BCUT2D eigenvalue weighted by Crippen LogP contribution is -2.19. The summed E-state index contributed by atoms with van der Waals surface area (Å²) < 4.78 is 54.9. The van der Waals surface area contributed by atoms with E-state index in [0.717, 1.165) is 6.07 Å². The van der Waals surface area contributed by atoms with Gasteiger partial charge in [0.15, 0.2) is 11.6 Å². The zero-order chi connectivity index (χ0) is 15.1. The van der Waals surface area contributed by atoms with Crippen molar-refractivity contribution < 1.29 is 22.3 Å². The van der Waals surface area contributed by atoms with Crippen molar-refractivity contribution in [3.8, 4) is 5.75 Å². The Hall–Kier alpha value is -1.64. The van der Waals surface area contributed by atoms with Gasteiger partial charge in [-0.2, -0.15) is 0 Å². The van der Waals surface area contributed by atoms with Crippen LogP contribution in [0.25, 0.3) is 11.0 Å². The summed E-state index contributed by atoms with van der Waals surface area (Å²) in [5.74, 6) is -1.52. The maximum Gasteiger partial charge on any atom is 0.573 e. The van der Waals surface area contributed by atoms with Crippen molar-refractivity contribution in [1.29, 1.82) is 0 Å². The van der Waals surface area contributed by atoms with Crippen LogP contribution in [0.3, 0.4) is 0 Å².